The van der Waals surface area contributed by atoms with Crippen molar-refractivity contribution in [2.24, 2.45) is 0 Å². The molecule has 0 saturated heterocycles. The highest BCUT2D eigenvalue weighted by molar-refractivity contribution is 9.10. The van der Waals surface area contributed by atoms with Crippen molar-refractivity contribution in [3.63, 3.8) is 0 Å². The van der Waals surface area contributed by atoms with Crippen LogP contribution in [0.3, 0.4) is 0 Å². The molecule has 1 N–H and O–H groups in total. The van der Waals surface area contributed by atoms with Crippen LogP contribution in [-0.4, -0.2) is 22.5 Å². The van der Waals surface area contributed by atoms with E-state index in [0.29, 0.717) is 27.9 Å². The Bertz CT molecular complexity index is 1230. The number of hydrogen-bond acceptors (Lipinski definition) is 5. The second-order valence-corrected chi connectivity index (χ2v) is 7.25. The number of ether oxygens (including phenoxy) is 1. The summed E-state index contributed by atoms with van der Waals surface area (Å²) in [5.41, 5.74) is 0.994. The molecular formula is C19H12BrClN2O4. The van der Waals surface area contributed by atoms with Gasteiger partial charge in [-0.1, -0.05) is 27.5 Å². The molecule has 0 atom stereocenters. The quantitative estimate of drug-likeness (QED) is 0.466. The van der Waals surface area contributed by atoms with E-state index in [2.05, 4.69) is 25.9 Å². The molecule has 6 nitrogen and oxygen atoms in total. The molecule has 0 aliphatic heterocycles. The van der Waals surface area contributed by atoms with Gasteiger partial charge in [-0.05, 0) is 41.8 Å². The minimum Gasteiger partial charge on any atom is -0.459 e. The summed E-state index contributed by atoms with van der Waals surface area (Å²) in [6.07, 6.45) is 2.02. The van der Waals surface area contributed by atoms with Crippen LogP contribution in [0, 0.1) is 0 Å². The maximum Gasteiger partial charge on any atom is 0.374 e. The van der Waals surface area contributed by atoms with E-state index in [9.17, 15) is 9.59 Å². The minimum absolute atomic E-state index is 0.125. The van der Waals surface area contributed by atoms with Gasteiger partial charge in [-0.2, -0.15) is 0 Å². The van der Waals surface area contributed by atoms with Crippen LogP contribution in [-0.2, 0) is 11.2 Å². The van der Waals surface area contributed by atoms with Gasteiger partial charge in [0.2, 0.25) is 5.76 Å². The summed E-state index contributed by atoms with van der Waals surface area (Å²) in [7, 11) is 0. The fourth-order valence-corrected chi connectivity index (χ4v) is 3.31. The first-order valence-corrected chi connectivity index (χ1v) is 9.20. The highest BCUT2D eigenvalue weighted by Crippen LogP contribution is 2.20. The van der Waals surface area contributed by atoms with E-state index >= 15 is 0 Å². The van der Waals surface area contributed by atoms with E-state index in [1.165, 1.54) is 6.07 Å². The van der Waals surface area contributed by atoms with Crippen LogP contribution in [0.4, 0.5) is 0 Å². The Kier molecular flexibility index (Phi) is 4.72. The molecule has 0 fully saturated rings. The molecule has 3 aromatic heterocycles. The van der Waals surface area contributed by atoms with E-state index < -0.39 is 11.6 Å². The number of carbonyl (C=O) groups excluding carboxylic acids is 1. The summed E-state index contributed by atoms with van der Waals surface area (Å²) in [5, 5.41) is 2.44. The molecule has 0 amide bonds. The highest BCUT2D eigenvalue weighted by Gasteiger charge is 2.14. The Balaban J connectivity index is 1.47. The number of halogens is 2. The van der Waals surface area contributed by atoms with Crippen molar-refractivity contribution >= 4 is 55.3 Å². The summed E-state index contributed by atoms with van der Waals surface area (Å²) >= 11 is 9.26. The Morgan fingerprint density at radius 2 is 2.07 bits per heavy atom. The second kappa shape index (κ2) is 7.17. The number of rotatable bonds is 4. The average molecular weight is 448 g/mol. The molecule has 0 radical (unpaired) electrons. The van der Waals surface area contributed by atoms with Gasteiger partial charge in [0.15, 0.2) is 0 Å². The normalized spacial score (nSPS) is 11.2. The lowest BCUT2D eigenvalue weighted by Gasteiger charge is -2.04. The smallest absolute Gasteiger partial charge is 0.374 e. The Morgan fingerprint density at radius 3 is 2.93 bits per heavy atom. The molecule has 4 aromatic rings. The topological polar surface area (TPSA) is 85.2 Å². The van der Waals surface area contributed by atoms with Crippen molar-refractivity contribution in [3.05, 3.63) is 74.0 Å². The zero-order chi connectivity index (χ0) is 19.0. The summed E-state index contributed by atoms with van der Waals surface area (Å²) in [5.74, 6) is -0.818. The predicted octanol–water partition coefficient (Wildman–Crippen LogP) is 4.48. The monoisotopic (exact) mass is 446 g/mol. The molecule has 0 saturated carbocycles. The van der Waals surface area contributed by atoms with Crippen molar-refractivity contribution < 1.29 is 13.9 Å². The van der Waals surface area contributed by atoms with E-state index in [1.807, 2.05) is 6.07 Å². The van der Waals surface area contributed by atoms with E-state index in [0.717, 1.165) is 15.6 Å². The largest absolute Gasteiger partial charge is 0.459 e. The number of esters is 1. The standard InChI is InChI=1S/C19H12BrClN2O4/c20-12-1-2-15-10(5-12)8-16(27-18(15)24)19(25)26-4-3-14-7-11-6-13(21)9-22-17(11)23-14/h1-2,5-9H,3-4H2,(H,22,23). The van der Waals surface area contributed by atoms with Crippen molar-refractivity contribution in [2.75, 3.05) is 6.61 Å². The van der Waals surface area contributed by atoms with Gasteiger partial charge in [0, 0.05) is 28.2 Å². The molecule has 0 unspecified atom stereocenters. The number of hydrogen-bond donors (Lipinski definition) is 1. The van der Waals surface area contributed by atoms with Gasteiger partial charge in [-0.25, -0.2) is 14.6 Å². The number of pyridine rings is 1. The molecule has 8 heteroatoms. The first kappa shape index (κ1) is 17.8. The van der Waals surface area contributed by atoms with Gasteiger partial charge in [0.05, 0.1) is 17.0 Å². The highest BCUT2D eigenvalue weighted by atomic mass is 79.9. The van der Waals surface area contributed by atoms with Crippen molar-refractivity contribution in [2.45, 2.75) is 6.42 Å². The molecular weight excluding hydrogens is 436 g/mol. The number of nitrogens with one attached hydrogen (secondary N) is 1. The Hall–Kier alpha value is -2.64. The SMILES string of the molecule is O=C(OCCc1cc2cc(Cl)cnc2[nH]1)c1cc2cc(Br)ccc2c(=O)o1. The number of carbonyl (C=O) groups is 1. The molecule has 0 aliphatic carbocycles. The second-order valence-electron chi connectivity index (χ2n) is 5.90. The summed E-state index contributed by atoms with van der Waals surface area (Å²) in [6.45, 7) is 0.125. The van der Waals surface area contributed by atoms with Crippen LogP contribution in [0.5, 0.6) is 0 Å². The van der Waals surface area contributed by atoms with Crippen molar-refractivity contribution in [1.29, 1.82) is 0 Å². The summed E-state index contributed by atoms with van der Waals surface area (Å²) in [6, 6.07) is 10.3. The van der Waals surface area contributed by atoms with E-state index in [-0.39, 0.29) is 12.4 Å². The third kappa shape index (κ3) is 3.74. The van der Waals surface area contributed by atoms with E-state index in [1.54, 1.807) is 30.5 Å². The first-order valence-electron chi connectivity index (χ1n) is 8.03. The molecule has 0 spiro atoms. The van der Waals surface area contributed by atoms with Gasteiger partial charge in [0.1, 0.15) is 5.65 Å². The predicted molar refractivity (Wildman–Crippen MR) is 105 cm³/mol. The van der Waals surface area contributed by atoms with Gasteiger partial charge in [-0.15, -0.1) is 0 Å². The number of fused-ring (bicyclic) bond motifs is 2. The Labute approximate surface area is 166 Å². The molecule has 1 aromatic carbocycles. The number of benzene rings is 1. The summed E-state index contributed by atoms with van der Waals surface area (Å²) in [4.78, 5) is 31.6. The van der Waals surface area contributed by atoms with Crippen LogP contribution in [0.2, 0.25) is 5.02 Å². The van der Waals surface area contributed by atoms with Crippen LogP contribution >= 0.6 is 27.5 Å². The molecule has 3 heterocycles. The zero-order valence-corrected chi connectivity index (χ0v) is 16.1. The number of aromatic nitrogens is 2. The lowest BCUT2D eigenvalue weighted by atomic mass is 10.2. The third-order valence-electron chi connectivity index (χ3n) is 4.02. The van der Waals surface area contributed by atoms with Crippen LogP contribution in [0.25, 0.3) is 21.8 Å². The number of aromatic amines is 1. The number of nitrogens with zero attached hydrogens (tertiary/aromatic N) is 1. The van der Waals surface area contributed by atoms with Gasteiger partial charge in [0.25, 0.3) is 0 Å². The minimum atomic E-state index is -0.689. The molecule has 0 aliphatic rings. The van der Waals surface area contributed by atoms with Gasteiger partial charge < -0.3 is 14.1 Å². The molecule has 4 rings (SSSR count). The lowest BCUT2D eigenvalue weighted by Crippen LogP contribution is -2.12. The van der Waals surface area contributed by atoms with Crippen LogP contribution in [0.1, 0.15) is 16.2 Å². The van der Waals surface area contributed by atoms with Crippen molar-refractivity contribution in [3.8, 4) is 0 Å². The first-order chi connectivity index (χ1) is 13.0. The third-order valence-corrected chi connectivity index (χ3v) is 4.72. The van der Waals surface area contributed by atoms with Crippen LogP contribution < -0.4 is 5.63 Å². The molecule has 27 heavy (non-hydrogen) atoms. The fourth-order valence-electron chi connectivity index (χ4n) is 2.77. The zero-order valence-electron chi connectivity index (χ0n) is 13.8. The average Bonchev–Trinajstić information content (AvgIpc) is 3.02. The van der Waals surface area contributed by atoms with E-state index in [4.69, 9.17) is 20.8 Å². The van der Waals surface area contributed by atoms with Crippen molar-refractivity contribution in [1.82, 2.24) is 9.97 Å². The Morgan fingerprint density at radius 1 is 1.22 bits per heavy atom. The molecule has 0 bridgehead atoms. The summed E-state index contributed by atoms with van der Waals surface area (Å²) < 4.78 is 11.1. The number of H-pyrrole nitrogens is 1. The van der Waals surface area contributed by atoms with Gasteiger partial charge in [-0.3, -0.25) is 0 Å². The molecule has 136 valence electrons. The maximum absolute atomic E-state index is 12.2. The van der Waals surface area contributed by atoms with Gasteiger partial charge >= 0.3 is 11.6 Å². The lowest BCUT2D eigenvalue weighted by molar-refractivity contribution is 0.0467. The fraction of sp³-hybridized carbons (Fsp3) is 0.105. The van der Waals surface area contributed by atoms with Crippen LogP contribution in [0.15, 0.2) is 56.3 Å². The maximum atomic E-state index is 12.2.